The van der Waals surface area contributed by atoms with Crippen LogP contribution < -0.4 is 4.90 Å². The molecule has 1 heterocycles. The predicted molar refractivity (Wildman–Crippen MR) is 87.0 cm³/mol. The molecule has 5 nitrogen and oxygen atoms in total. The van der Waals surface area contributed by atoms with Gasteiger partial charge in [0.1, 0.15) is 6.07 Å². The van der Waals surface area contributed by atoms with E-state index in [1.54, 1.807) is 12.1 Å². The van der Waals surface area contributed by atoms with Crippen LogP contribution in [0.1, 0.15) is 29.8 Å². The molecule has 0 aromatic heterocycles. The maximum absolute atomic E-state index is 11.5. The smallest absolute Gasteiger partial charge is 0.339 e. The van der Waals surface area contributed by atoms with Crippen molar-refractivity contribution in [3.8, 4) is 12.0 Å². The molecule has 0 radical (unpaired) electrons. The third-order valence-corrected chi connectivity index (χ3v) is 3.57. The van der Waals surface area contributed by atoms with Crippen molar-refractivity contribution < 1.29 is 9.53 Å². The number of hydrogen-bond acceptors (Lipinski definition) is 5. The Hall–Kier alpha value is -2.47. The lowest BCUT2D eigenvalue weighted by atomic mass is 9.45. The quantitative estimate of drug-likeness (QED) is 0.619. The van der Waals surface area contributed by atoms with Crippen LogP contribution >= 0.6 is 0 Å². The molecule has 0 atom stereocenters. The van der Waals surface area contributed by atoms with Crippen LogP contribution in [-0.4, -0.2) is 32.9 Å². The summed E-state index contributed by atoms with van der Waals surface area (Å²) in [7, 11) is 1.30. The molecule has 1 aromatic rings. The SMILES string of the molecule is CC.COC(=O)c1ccc(N2CCB(C#N)CC2)cc1C#N. The molecule has 2 rings (SSSR count). The zero-order valence-corrected chi connectivity index (χ0v) is 13.3. The minimum Gasteiger partial charge on any atom is -0.465 e. The van der Waals surface area contributed by atoms with E-state index >= 15 is 0 Å². The molecule has 0 N–H and O–H groups in total. The van der Waals surface area contributed by atoms with E-state index in [4.69, 9.17) is 10.5 Å². The molecule has 0 saturated carbocycles. The van der Waals surface area contributed by atoms with Crippen molar-refractivity contribution in [1.82, 2.24) is 0 Å². The zero-order chi connectivity index (χ0) is 16.5. The highest BCUT2D eigenvalue weighted by molar-refractivity contribution is 6.67. The minimum atomic E-state index is -0.503. The van der Waals surface area contributed by atoms with E-state index < -0.39 is 5.97 Å². The lowest BCUT2D eigenvalue weighted by molar-refractivity contribution is 0.0600. The molecule has 0 bridgehead atoms. The van der Waals surface area contributed by atoms with E-state index in [1.807, 2.05) is 26.0 Å². The summed E-state index contributed by atoms with van der Waals surface area (Å²) in [6, 6.07) is 7.18. The highest BCUT2D eigenvalue weighted by Crippen LogP contribution is 2.23. The Balaban J connectivity index is 0.00000116. The number of methoxy groups -OCH3 is 1. The van der Waals surface area contributed by atoms with Crippen LogP contribution in [0, 0.1) is 22.6 Å². The van der Waals surface area contributed by atoms with Gasteiger partial charge in [0.2, 0.25) is 0 Å². The first kappa shape index (κ1) is 17.6. The fraction of sp³-hybridized carbons (Fsp3) is 0.438. The molecule has 1 aliphatic rings. The van der Waals surface area contributed by atoms with Gasteiger partial charge in [-0.05, 0) is 30.8 Å². The number of ether oxygens (including phenoxy) is 1. The van der Waals surface area contributed by atoms with Gasteiger partial charge in [0.05, 0.1) is 18.2 Å². The van der Waals surface area contributed by atoms with Crippen LogP contribution in [0.25, 0.3) is 0 Å². The van der Waals surface area contributed by atoms with Gasteiger partial charge in [-0.3, -0.25) is 0 Å². The number of esters is 1. The minimum absolute atomic E-state index is 0.121. The topological polar surface area (TPSA) is 77.1 Å². The number of anilines is 1. The molecule has 0 aliphatic carbocycles. The van der Waals surface area contributed by atoms with Gasteiger partial charge >= 0.3 is 5.97 Å². The molecule has 1 fully saturated rings. The number of nitriles is 2. The molecule has 0 spiro atoms. The molecule has 0 unspecified atom stereocenters. The van der Waals surface area contributed by atoms with Gasteiger partial charge in [-0.1, -0.05) is 13.8 Å². The van der Waals surface area contributed by atoms with Crippen LogP contribution in [0.2, 0.25) is 12.6 Å². The molecule has 6 heteroatoms. The van der Waals surface area contributed by atoms with E-state index in [2.05, 4.69) is 15.6 Å². The largest absolute Gasteiger partial charge is 0.465 e. The lowest BCUT2D eigenvalue weighted by Gasteiger charge is -2.30. The summed E-state index contributed by atoms with van der Waals surface area (Å²) < 4.78 is 4.65. The van der Waals surface area contributed by atoms with Crippen LogP contribution in [0.3, 0.4) is 0 Å². The second kappa shape index (κ2) is 8.74. The van der Waals surface area contributed by atoms with Gasteiger partial charge in [-0.15, -0.1) is 0 Å². The van der Waals surface area contributed by atoms with E-state index in [1.165, 1.54) is 7.11 Å². The Morgan fingerprint density at radius 3 is 2.41 bits per heavy atom. The van der Waals surface area contributed by atoms with Gasteiger partial charge < -0.3 is 9.64 Å². The summed E-state index contributed by atoms with van der Waals surface area (Å²) in [5.41, 5.74) is 1.51. The van der Waals surface area contributed by atoms with Crippen LogP contribution in [0.5, 0.6) is 0 Å². The van der Waals surface area contributed by atoms with Crippen molar-refractivity contribution in [2.45, 2.75) is 26.5 Å². The Bertz CT molecular complexity index is 596. The lowest BCUT2D eigenvalue weighted by Crippen LogP contribution is -2.36. The summed E-state index contributed by atoms with van der Waals surface area (Å²) in [6.07, 6.45) is 1.66. The second-order valence-electron chi connectivity index (χ2n) is 4.72. The number of hydrogen-bond donors (Lipinski definition) is 0. The maximum Gasteiger partial charge on any atom is 0.339 e. The van der Waals surface area contributed by atoms with E-state index in [0.717, 1.165) is 31.4 Å². The predicted octanol–water partition coefficient (Wildman–Crippen LogP) is 2.75. The third-order valence-electron chi connectivity index (χ3n) is 3.57. The summed E-state index contributed by atoms with van der Waals surface area (Å²) in [6.45, 7) is 5.71. The van der Waals surface area contributed by atoms with Crippen LogP contribution in [0.15, 0.2) is 18.2 Å². The molecule has 1 aromatic carbocycles. The van der Waals surface area contributed by atoms with Gasteiger partial charge in [0, 0.05) is 24.7 Å². The Morgan fingerprint density at radius 1 is 1.27 bits per heavy atom. The monoisotopic (exact) mass is 297 g/mol. The number of carbonyl (C=O) groups excluding carboxylic acids is 1. The first-order chi connectivity index (χ1) is 10.7. The zero-order valence-electron chi connectivity index (χ0n) is 13.3. The third kappa shape index (κ3) is 4.02. The summed E-state index contributed by atoms with van der Waals surface area (Å²) >= 11 is 0. The fourth-order valence-corrected chi connectivity index (χ4v) is 2.38. The van der Waals surface area contributed by atoms with Crippen molar-refractivity contribution in [3.63, 3.8) is 0 Å². The van der Waals surface area contributed by atoms with Crippen molar-refractivity contribution >= 4 is 18.4 Å². The van der Waals surface area contributed by atoms with Crippen molar-refractivity contribution in [2.24, 2.45) is 0 Å². The molecular formula is C16H20BN3O2. The average molecular weight is 297 g/mol. The number of rotatable bonds is 2. The Labute approximate surface area is 132 Å². The Kier molecular flexibility index (Phi) is 6.99. The number of carbonyl (C=O) groups is 1. The average Bonchev–Trinajstić information content (AvgIpc) is 2.62. The fourth-order valence-electron chi connectivity index (χ4n) is 2.38. The standard InChI is InChI=1S/C14H14BN3O2.C2H6/c1-20-14(19)13-3-2-12(8-11(13)9-16)18-6-4-15(10-17)5-7-18;1-2/h2-3,8H,4-7H2,1H3;1-2H3. The van der Waals surface area contributed by atoms with E-state index in [-0.39, 0.29) is 12.3 Å². The summed E-state index contributed by atoms with van der Waals surface area (Å²) in [5, 5.41) is 18.0. The van der Waals surface area contributed by atoms with Crippen LogP contribution in [-0.2, 0) is 4.74 Å². The van der Waals surface area contributed by atoms with Crippen molar-refractivity contribution in [1.29, 1.82) is 10.5 Å². The highest BCUT2D eigenvalue weighted by Gasteiger charge is 2.23. The highest BCUT2D eigenvalue weighted by atomic mass is 16.5. The van der Waals surface area contributed by atoms with E-state index in [9.17, 15) is 4.79 Å². The molecule has 114 valence electrons. The van der Waals surface area contributed by atoms with Gasteiger partial charge in [-0.25, -0.2) is 10.1 Å². The van der Waals surface area contributed by atoms with Crippen LogP contribution in [0.4, 0.5) is 5.69 Å². The van der Waals surface area contributed by atoms with Crippen molar-refractivity contribution in [3.05, 3.63) is 29.3 Å². The summed E-state index contributed by atoms with van der Waals surface area (Å²) in [5.74, 6) is 1.79. The van der Waals surface area contributed by atoms with Gasteiger partial charge in [0.25, 0.3) is 6.71 Å². The number of benzene rings is 1. The maximum atomic E-state index is 11.5. The first-order valence-electron chi connectivity index (χ1n) is 7.46. The normalized spacial score (nSPS) is 13.3. The second-order valence-corrected chi connectivity index (χ2v) is 4.72. The van der Waals surface area contributed by atoms with Gasteiger partial charge in [0.15, 0.2) is 0 Å². The molecular weight excluding hydrogens is 277 g/mol. The summed E-state index contributed by atoms with van der Waals surface area (Å²) in [4.78, 5) is 13.7. The molecule has 1 saturated heterocycles. The molecule has 22 heavy (non-hydrogen) atoms. The molecule has 0 amide bonds. The first-order valence-corrected chi connectivity index (χ1v) is 7.46. The van der Waals surface area contributed by atoms with Gasteiger partial charge in [-0.2, -0.15) is 5.26 Å². The Morgan fingerprint density at radius 2 is 1.91 bits per heavy atom. The molecule has 1 aliphatic heterocycles. The number of nitrogens with zero attached hydrogens (tertiary/aromatic N) is 3. The van der Waals surface area contributed by atoms with Crippen molar-refractivity contribution in [2.75, 3.05) is 25.1 Å². The van der Waals surface area contributed by atoms with E-state index in [0.29, 0.717) is 5.56 Å².